The van der Waals surface area contributed by atoms with Gasteiger partial charge >= 0.3 is 5.97 Å². The van der Waals surface area contributed by atoms with E-state index < -0.39 is 86.8 Å². The van der Waals surface area contributed by atoms with E-state index in [2.05, 4.69) is 0 Å². The molecule has 2 N–H and O–H groups in total. The maximum absolute atomic E-state index is 15.0. The molecule has 0 heterocycles. The Morgan fingerprint density at radius 3 is 1.74 bits per heavy atom. The summed E-state index contributed by atoms with van der Waals surface area (Å²) in [6, 6.07) is 13.1. The third-order valence-corrected chi connectivity index (χ3v) is 9.69. The van der Waals surface area contributed by atoms with Gasteiger partial charge in [-0.05, 0) is 59.4 Å². The van der Waals surface area contributed by atoms with Crippen LogP contribution < -0.4 is 14.4 Å². The molecule has 0 aliphatic heterocycles. The molecule has 0 spiro atoms. The molecular weight excluding hydrogens is 763 g/mol. The minimum Gasteiger partial charge on any atom is -0.507 e. The quantitative estimate of drug-likeness (QED) is 0.0664. The number of phenols is 1. The Kier molecular flexibility index (Phi) is 13.5. The second-order valence-electron chi connectivity index (χ2n) is 13.0. The van der Waals surface area contributed by atoms with Crippen LogP contribution in [0, 0.1) is 40.9 Å². The lowest BCUT2D eigenvalue weighted by Gasteiger charge is -2.28. The van der Waals surface area contributed by atoms with Crippen LogP contribution in [0.1, 0.15) is 49.2 Å². The van der Waals surface area contributed by atoms with E-state index in [1.165, 1.54) is 24.3 Å². The first-order valence-electron chi connectivity index (χ1n) is 16.3. The molecule has 290 valence electrons. The van der Waals surface area contributed by atoms with E-state index in [4.69, 9.17) is 21.1 Å². The van der Waals surface area contributed by atoms with Gasteiger partial charge in [-0.3, -0.25) is 4.79 Å². The average molecular weight is 799 g/mol. The Morgan fingerprint density at radius 1 is 0.741 bits per heavy atom. The maximum atomic E-state index is 15.0. The molecule has 0 radical (unpaired) electrons. The van der Waals surface area contributed by atoms with Gasteiger partial charge in [-0.1, -0.05) is 51.4 Å². The van der Waals surface area contributed by atoms with Gasteiger partial charge in [0.2, 0.25) is 21.7 Å². The predicted octanol–water partition coefficient (Wildman–Crippen LogP) is 7.93. The Hall–Kier alpha value is -4.93. The second-order valence-corrected chi connectivity index (χ2v) is 15.3. The van der Waals surface area contributed by atoms with Crippen molar-refractivity contribution in [2.75, 3.05) is 24.7 Å². The highest BCUT2D eigenvalue weighted by Crippen LogP contribution is 2.33. The summed E-state index contributed by atoms with van der Waals surface area (Å²) in [6.45, 7) is 5.81. The zero-order valence-electron chi connectivity index (χ0n) is 29.4. The average Bonchev–Trinajstić information content (AvgIpc) is 3.10. The van der Waals surface area contributed by atoms with Crippen molar-refractivity contribution in [1.82, 2.24) is 4.31 Å². The number of sulfonamides is 1. The highest BCUT2D eigenvalue weighted by atomic mass is 35.5. The molecule has 0 aliphatic carbocycles. The Labute approximate surface area is 313 Å². The number of benzene rings is 4. The predicted molar refractivity (Wildman–Crippen MR) is 189 cm³/mol. The number of hydrogen-bond donors (Lipinski definition) is 2. The number of carboxylic acids is 1. The second kappa shape index (κ2) is 17.5. The zero-order chi connectivity index (χ0) is 40.1. The molecule has 0 bridgehead atoms. The number of aromatic carboxylic acids is 1. The van der Waals surface area contributed by atoms with Crippen LogP contribution >= 0.6 is 11.6 Å². The van der Waals surface area contributed by atoms with Gasteiger partial charge in [-0.2, -0.15) is 4.31 Å². The largest absolute Gasteiger partial charge is 0.507 e. The minimum absolute atomic E-state index is 0.108. The molecule has 1 amide bonds. The Morgan fingerprint density at radius 2 is 1.26 bits per heavy atom. The lowest BCUT2D eigenvalue weighted by atomic mass is 10.1. The molecule has 0 atom stereocenters. The summed E-state index contributed by atoms with van der Waals surface area (Å²) in [4.78, 5) is 24.7. The fourth-order valence-corrected chi connectivity index (χ4v) is 6.60. The molecule has 0 aliphatic rings. The monoisotopic (exact) mass is 798 g/mol. The van der Waals surface area contributed by atoms with Gasteiger partial charge in [0, 0.05) is 29.4 Å². The van der Waals surface area contributed by atoms with Gasteiger partial charge in [-0.25, -0.2) is 35.2 Å². The van der Waals surface area contributed by atoms with Crippen LogP contribution in [0.4, 0.5) is 27.6 Å². The van der Waals surface area contributed by atoms with Crippen molar-refractivity contribution in [3.63, 3.8) is 0 Å². The van der Waals surface area contributed by atoms with Crippen molar-refractivity contribution in [2.45, 2.75) is 45.7 Å². The number of carboxylic acid groups (broad SMARTS) is 1. The smallest absolute Gasteiger partial charge is 0.339 e. The number of rotatable bonds is 16. The zero-order valence-corrected chi connectivity index (χ0v) is 31.0. The number of ether oxygens (including phenoxy) is 2. The summed E-state index contributed by atoms with van der Waals surface area (Å²) >= 11 is 5.95. The number of halogens is 6. The van der Waals surface area contributed by atoms with E-state index >= 15 is 8.78 Å². The number of hydrogen-bond acceptors (Lipinski definition) is 7. The first-order chi connectivity index (χ1) is 25.3. The molecule has 4 aromatic carbocycles. The number of nitrogens with zero attached hydrogens (tertiary/aromatic N) is 2. The van der Waals surface area contributed by atoms with Crippen LogP contribution in [0.25, 0.3) is 0 Å². The number of anilines is 1. The highest BCUT2D eigenvalue weighted by molar-refractivity contribution is 7.89. The molecule has 17 heteroatoms. The van der Waals surface area contributed by atoms with Crippen molar-refractivity contribution >= 4 is 39.2 Å². The Bertz CT molecular complexity index is 2080. The molecule has 4 aromatic rings. The van der Waals surface area contributed by atoms with Crippen LogP contribution in [0.3, 0.4) is 0 Å². The van der Waals surface area contributed by atoms with E-state index in [9.17, 15) is 41.4 Å². The van der Waals surface area contributed by atoms with Crippen LogP contribution in [0.15, 0.2) is 65.6 Å². The van der Waals surface area contributed by atoms with E-state index in [1.54, 1.807) is 18.2 Å². The number of carbonyl (C=O) groups excluding carboxylic acids is 1. The van der Waals surface area contributed by atoms with E-state index in [-0.39, 0.29) is 32.4 Å². The van der Waals surface area contributed by atoms with Crippen LogP contribution in [-0.4, -0.2) is 54.6 Å². The number of carbonyl (C=O) groups is 2. The van der Waals surface area contributed by atoms with E-state index in [0.717, 1.165) is 23.1 Å². The Balaban J connectivity index is 1.86. The maximum Gasteiger partial charge on any atom is 0.339 e. The van der Waals surface area contributed by atoms with Crippen molar-refractivity contribution < 1.29 is 59.6 Å². The molecule has 0 saturated carbocycles. The summed E-state index contributed by atoms with van der Waals surface area (Å²) < 4.78 is 112. The van der Waals surface area contributed by atoms with Crippen molar-refractivity contribution in [2.24, 2.45) is 11.8 Å². The van der Waals surface area contributed by atoms with Crippen LogP contribution in [-0.2, 0) is 27.9 Å². The third kappa shape index (κ3) is 9.98. The summed E-state index contributed by atoms with van der Waals surface area (Å²) in [6.07, 6.45) is 0. The normalized spacial score (nSPS) is 11.7. The molecule has 4 rings (SSSR count). The van der Waals surface area contributed by atoms with Gasteiger partial charge in [-0.15, -0.1) is 0 Å². The lowest BCUT2D eigenvalue weighted by molar-refractivity contribution is -0.119. The standard InChI is InChI=1S/C37H36ClF5N2O8S/c1-20(2)18-52-26-11-23(12-27(14-26)53-19-21(3)4)16-45(25-9-10-28(37(48)49)29(46)13-25)30(47)17-44(15-22-5-7-24(38)8-6-22)54(50,51)36-34(42)32(40)31(39)33(41)35(36)43/h5-14,20-21,46H,15-19H2,1-4H3,(H,48,49). The van der Waals surface area contributed by atoms with Crippen molar-refractivity contribution in [3.05, 3.63) is 111 Å². The van der Waals surface area contributed by atoms with Crippen LogP contribution in [0.2, 0.25) is 5.02 Å². The first kappa shape index (κ1) is 41.8. The van der Waals surface area contributed by atoms with Crippen molar-refractivity contribution in [3.8, 4) is 17.2 Å². The van der Waals surface area contributed by atoms with Gasteiger partial charge in [0.15, 0.2) is 28.2 Å². The third-order valence-electron chi connectivity index (χ3n) is 7.62. The molecule has 54 heavy (non-hydrogen) atoms. The highest BCUT2D eigenvalue weighted by Gasteiger charge is 2.39. The number of amides is 1. The fraction of sp³-hybridized carbons (Fsp3) is 0.297. The molecule has 0 fully saturated rings. The van der Waals surface area contributed by atoms with Crippen molar-refractivity contribution in [1.29, 1.82) is 0 Å². The molecule has 10 nitrogen and oxygen atoms in total. The molecule has 0 unspecified atom stereocenters. The van der Waals surface area contributed by atoms with Gasteiger partial charge < -0.3 is 24.6 Å². The summed E-state index contributed by atoms with van der Waals surface area (Å²) in [7, 11) is -5.70. The molecule has 0 saturated heterocycles. The fourth-order valence-electron chi connectivity index (χ4n) is 4.99. The first-order valence-corrected chi connectivity index (χ1v) is 18.1. The topological polar surface area (TPSA) is 134 Å². The summed E-state index contributed by atoms with van der Waals surface area (Å²) in [5, 5.41) is 20.2. The summed E-state index contributed by atoms with van der Waals surface area (Å²) in [5.74, 6) is -15.4. The van der Waals surface area contributed by atoms with Crippen LogP contribution in [0.5, 0.6) is 17.2 Å². The van der Waals surface area contributed by atoms with Gasteiger partial charge in [0.05, 0.1) is 26.3 Å². The molecular formula is C37H36ClF5N2O8S. The SMILES string of the molecule is CC(C)COc1cc(CN(C(=O)CN(Cc2ccc(Cl)cc2)S(=O)(=O)c2c(F)c(F)c(F)c(F)c2F)c2ccc(C(=O)O)c(O)c2)cc(OCC(C)C)c1. The van der Waals surface area contributed by atoms with Gasteiger partial charge in [0.1, 0.15) is 22.8 Å². The van der Waals surface area contributed by atoms with E-state index in [1.807, 2.05) is 27.7 Å². The molecule has 0 aromatic heterocycles. The van der Waals surface area contributed by atoms with E-state index in [0.29, 0.717) is 30.3 Å². The minimum atomic E-state index is -5.70. The summed E-state index contributed by atoms with van der Waals surface area (Å²) in [5.41, 5.74) is -0.229. The van der Waals surface area contributed by atoms with Gasteiger partial charge in [0.25, 0.3) is 0 Å². The number of aromatic hydroxyl groups is 1. The lowest BCUT2D eigenvalue weighted by Crippen LogP contribution is -2.43.